The van der Waals surface area contributed by atoms with Crippen LogP contribution in [0.1, 0.15) is 56.9 Å². The van der Waals surface area contributed by atoms with Gasteiger partial charge >= 0.3 is 12.1 Å². The molecule has 0 saturated carbocycles. The smallest absolute Gasteiger partial charge is 0.411 e. The van der Waals surface area contributed by atoms with E-state index in [0.717, 1.165) is 10.9 Å². The maximum Gasteiger partial charge on any atom is 0.411 e. The molecule has 2 aromatic carbocycles. The van der Waals surface area contributed by atoms with Gasteiger partial charge in [0.25, 0.3) is 0 Å². The molecule has 0 spiro atoms. The van der Waals surface area contributed by atoms with Gasteiger partial charge in [0.2, 0.25) is 5.91 Å². The van der Waals surface area contributed by atoms with Crippen LogP contribution in [-0.4, -0.2) is 72.8 Å². The molecule has 222 valence electrons. The summed E-state index contributed by atoms with van der Waals surface area (Å²) in [6, 6.07) is 15.6. The molecule has 1 aliphatic rings. The maximum absolute atomic E-state index is 13.0. The van der Waals surface area contributed by atoms with Gasteiger partial charge in [-0.1, -0.05) is 12.1 Å². The number of hydrogen-bond donors (Lipinski definition) is 0. The van der Waals surface area contributed by atoms with Gasteiger partial charge in [0.15, 0.2) is 0 Å². The van der Waals surface area contributed by atoms with E-state index in [1.807, 2.05) is 6.07 Å². The lowest BCUT2D eigenvalue weighted by molar-refractivity contribution is -0.145. The summed E-state index contributed by atoms with van der Waals surface area (Å²) in [7, 11) is 3.30. The zero-order chi connectivity index (χ0) is 30.6. The second-order valence-corrected chi connectivity index (χ2v) is 11.5. The minimum absolute atomic E-state index is 0.200. The molecule has 3 aromatic rings. The van der Waals surface area contributed by atoms with E-state index in [1.54, 1.807) is 84.3 Å². The summed E-state index contributed by atoms with van der Waals surface area (Å²) >= 11 is 0. The Labute approximate surface area is 245 Å². The Morgan fingerprint density at radius 2 is 1.83 bits per heavy atom. The van der Waals surface area contributed by atoms with Gasteiger partial charge in [-0.15, -0.1) is 0 Å². The topological polar surface area (TPSA) is 122 Å². The third-order valence-electron chi connectivity index (χ3n) is 6.87. The second kappa shape index (κ2) is 12.6. The number of rotatable bonds is 8. The van der Waals surface area contributed by atoms with Gasteiger partial charge in [0, 0.05) is 32.3 Å². The van der Waals surface area contributed by atoms with Gasteiger partial charge in [0.1, 0.15) is 34.8 Å². The maximum atomic E-state index is 13.0. The molecule has 2 heterocycles. The summed E-state index contributed by atoms with van der Waals surface area (Å²) in [5.41, 5.74) is 1.19. The molecular formula is C32H37N3O7. The van der Waals surface area contributed by atoms with Crippen LogP contribution in [0, 0.1) is 11.3 Å². The Morgan fingerprint density at radius 1 is 1.12 bits per heavy atom. The first kappa shape index (κ1) is 30.4. The number of amides is 2. The molecule has 1 unspecified atom stereocenters. The van der Waals surface area contributed by atoms with Gasteiger partial charge in [-0.05, 0) is 69.7 Å². The van der Waals surface area contributed by atoms with E-state index in [0.29, 0.717) is 29.1 Å². The molecule has 10 heteroatoms. The highest BCUT2D eigenvalue weighted by atomic mass is 16.6. The molecule has 0 bridgehead atoms. The second-order valence-electron chi connectivity index (χ2n) is 11.5. The summed E-state index contributed by atoms with van der Waals surface area (Å²) in [5.74, 6) is -0.0529. The average Bonchev–Trinajstić information content (AvgIpc) is 3.54. The monoisotopic (exact) mass is 575 g/mol. The molecule has 1 aromatic heterocycles. The van der Waals surface area contributed by atoms with Crippen LogP contribution in [0.2, 0.25) is 0 Å². The van der Waals surface area contributed by atoms with Crippen molar-refractivity contribution in [3.05, 3.63) is 65.4 Å². The number of hydrogen-bond acceptors (Lipinski definition) is 8. The molecule has 1 aliphatic heterocycles. The lowest BCUT2D eigenvalue weighted by Gasteiger charge is -2.28. The predicted molar refractivity (Wildman–Crippen MR) is 155 cm³/mol. The number of likely N-dealkylation sites (tertiary alicyclic amines) is 1. The van der Waals surface area contributed by atoms with Gasteiger partial charge in [0.05, 0.1) is 30.7 Å². The lowest BCUT2D eigenvalue weighted by atomic mass is 9.94. The summed E-state index contributed by atoms with van der Waals surface area (Å²) in [6.07, 6.45) is -0.386. The fourth-order valence-electron chi connectivity index (χ4n) is 4.96. The van der Waals surface area contributed by atoms with E-state index in [1.165, 1.54) is 9.80 Å². The molecule has 2 amide bonds. The van der Waals surface area contributed by atoms with Crippen molar-refractivity contribution in [3.63, 3.8) is 0 Å². The lowest BCUT2D eigenvalue weighted by Crippen LogP contribution is -2.47. The minimum atomic E-state index is -0.699. The Kier molecular flexibility index (Phi) is 9.10. The van der Waals surface area contributed by atoms with Crippen LogP contribution in [0.4, 0.5) is 4.79 Å². The molecule has 42 heavy (non-hydrogen) atoms. The summed E-state index contributed by atoms with van der Waals surface area (Å²) in [6.45, 7) is 7.54. The number of likely N-dealkylation sites (N-methyl/N-ethyl adjacent to an activating group) is 1. The Hall–Kier alpha value is -4.52. The largest absolute Gasteiger partial charge is 0.488 e. The van der Waals surface area contributed by atoms with Crippen molar-refractivity contribution in [2.75, 3.05) is 27.2 Å². The zero-order valence-corrected chi connectivity index (χ0v) is 24.9. The molecule has 1 saturated heterocycles. The van der Waals surface area contributed by atoms with E-state index in [2.05, 4.69) is 6.07 Å². The van der Waals surface area contributed by atoms with Crippen LogP contribution in [-0.2, 0) is 25.5 Å². The molecule has 3 atom stereocenters. The Balaban J connectivity index is 1.50. The van der Waals surface area contributed by atoms with E-state index in [-0.39, 0.29) is 31.4 Å². The number of ether oxygens (including phenoxy) is 3. The van der Waals surface area contributed by atoms with Crippen LogP contribution < -0.4 is 4.74 Å². The molecule has 0 aliphatic carbocycles. The highest BCUT2D eigenvalue weighted by molar-refractivity contribution is 5.86. The van der Waals surface area contributed by atoms with Crippen LogP contribution >= 0.6 is 0 Å². The van der Waals surface area contributed by atoms with Crippen LogP contribution in [0.25, 0.3) is 11.0 Å². The number of fused-ring (bicyclic) bond motifs is 1. The van der Waals surface area contributed by atoms with Crippen molar-refractivity contribution in [2.24, 2.45) is 0 Å². The highest BCUT2D eigenvalue weighted by Gasteiger charge is 2.43. The molecule has 4 rings (SSSR count). The molecule has 10 nitrogen and oxygen atoms in total. The number of carbonyl (C=O) groups excluding carboxylic acids is 3. The van der Waals surface area contributed by atoms with Crippen molar-refractivity contribution in [2.45, 2.75) is 64.2 Å². The quantitative estimate of drug-likeness (QED) is 0.343. The summed E-state index contributed by atoms with van der Waals surface area (Å²) < 4.78 is 23.0. The first-order valence-electron chi connectivity index (χ1n) is 13.9. The number of nitrogens with zero attached hydrogens (tertiary/aromatic N) is 3. The number of nitriles is 1. The number of furan rings is 1. The average molecular weight is 576 g/mol. The Morgan fingerprint density at radius 3 is 2.45 bits per heavy atom. The highest BCUT2D eigenvalue weighted by Crippen LogP contribution is 2.30. The predicted octanol–water partition coefficient (Wildman–Crippen LogP) is 5.04. The minimum Gasteiger partial charge on any atom is -0.488 e. The van der Waals surface area contributed by atoms with Crippen LogP contribution in [0.15, 0.2) is 52.9 Å². The third-order valence-corrected chi connectivity index (χ3v) is 6.87. The van der Waals surface area contributed by atoms with Crippen LogP contribution in [0.3, 0.4) is 0 Å². The van der Waals surface area contributed by atoms with Gasteiger partial charge in [-0.2, -0.15) is 5.26 Å². The summed E-state index contributed by atoms with van der Waals surface area (Å²) in [4.78, 5) is 41.6. The molecular weight excluding hydrogens is 538 g/mol. The fourth-order valence-corrected chi connectivity index (χ4v) is 4.96. The van der Waals surface area contributed by atoms with Crippen molar-refractivity contribution in [3.8, 4) is 11.8 Å². The molecule has 0 N–H and O–H groups in total. The number of carbonyl (C=O) groups is 3. The van der Waals surface area contributed by atoms with Crippen molar-refractivity contribution < 1.29 is 33.0 Å². The van der Waals surface area contributed by atoms with E-state index < -0.39 is 29.8 Å². The summed E-state index contributed by atoms with van der Waals surface area (Å²) in [5, 5.41) is 9.98. The fraction of sp³-hybridized carbons (Fsp3) is 0.438. The van der Waals surface area contributed by atoms with E-state index in [9.17, 15) is 19.6 Å². The van der Waals surface area contributed by atoms with Crippen molar-refractivity contribution >= 4 is 28.9 Å². The molecule has 1 fully saturated rings. The normalized spacial score (nSPS) is 17.4. The van der Waals surface area contributed by atoms with Gasteiger partial charge in [-0.25, -0.2) is 4.79 Å². The first-order chi connectivity index (χ1) is 19.9. The first-order valence-corrected chi connectivity index (χ1v) is 13.9. The Bertz CT molecular complexity index is 1480. The van der Waals surface area contributed by atoms with Gasteiger partial charge in [-0.3, -0.25) is 14.5 Å². The van der Waals surface area contributed by atoms with Crippen LogP contribution in [0.5, 0.6) is 5.75 Å². The van der Waals surface area contributed by atoms with Crippen molar-refractivity contribution in [1.29, 1.82) is 5.26 Å². The third kappa shape index (κ3) is 7.21. The number of benzene rings is 2. The van der Waals surface area contributed by atoms with Crippen molar-refractivity contribution in [1.82, 2.24) is 9.80 Å². The van der Waals surface area contributed by atoms with E-state index in [4.69, 9.17) is 18.6 Å². The molecule has 0 radical (unpaired) electrons. The van der Waals surface area contributed by atoms with Gasteiger partial charge < -0.3 is 23.5 Å². The SMILES string of the molecule is CCOC(=O)C(Cc1cc2cc(C#N)ccc2o1)c1ccc(O[C@H]2C[C@@H](C(=O)N(C)C)N(C(=O)OC(C)(C)C)C2)cc1. The zero-order valence-electron chi connectivity index (χ0n) is 24.9. The van der Waals surface area contributed by atoms with E-state index >= 15 is 0 Å². The number of esters is 1. The standard InChI is InChI=1S/C32H37N3O7/c1-7-39-30(37)26(16-24-15-22-14-20(18-33)8-13-28(22)41-24)21-9-11-23(12-10-21)40-25-17-27(29(36)34(5)6)35(19-25)31(38)42-32(2,3)4/h8-15,25-27H,7,16-17,19H2,1-6H3/t25-,26?,27-/m0/s1.